The van der Waals surface area contributed by atoms with Crippen LogP contribution in [0.1, 0.15) is 37.8 Å². The second-order valence-electron chi connectivity index (χ2n) is 4.41. The van der Waals surface area contributed by atoms with Crippen molar-refractivity contribution in [1.29, 1.82) is 0 Å². The van der Waals surface area contributed by atoms with Crippen LogP contribution in [-0.4, -0.2) is 23.6 Å². The number of nitrogens with one attached hydrogen (secondary N) is 1. The number of ether oxygens (including phenoxy) is 1. The number of carbonyl (C=O) groups is 1. The highest BCUT2D eigenvalue weighted by Crippen LogP contribution is 2.16. The van der Waals surface area contributed by atoms with Gasteiger partial charge in [-0.25, -0.2) is 0 Å². The van der Waals surface area contributed by atoms with Crippen molar-refractivity contribution in [2.45, 2.75) is 38.3 Å². The molecule has 4 heteroatoms. The number of nitrogens with zero attached hydrogens (tertiary/aromatic N) is 1. The van der Waals surface area contributed by atoms with E-state index < -0.39 is 0 Å². The molecule has 0 bridgehead atoms. The van der Waals surface area contributed by atoms with Gasteiger partial charge in [0.15, 0.2) is 0 Å². The highest BCUT2D eigenvalue weighted by Gasteiger charge is 2.20. The zero-order valence-electron chi connectivity index (χ0n) is 10.1. The molecule has 92 valence electrons. The Balaban J connectivity index is 1.81. The Bertz CT molecular complexity index is 361. The van der Waals surface area contributed by atoms with Gasteiger partial charge in [-0.15, -0.1) is 0 Å². The Hall–Kier alpha value is -1.42. The number of carbonyl (C=O) groups excluding carboxylic acids is 1. The van der Waals surface area contributed by atoms with E-state index in [-0.39, 0.29) is 18.1 Å². The first-order chi connectivity index (χ1) is 8.25. The highest BCUT2D eigenvalue weighted by molar-refractivity contribution is 5.76. The molecule has 1 aliphatic rings. The van der Waals surface area contributed by atoms with Gasteiger partial charge in [0.2, 0.25) is 5.91 Å². The molecule has 0 unspecified atom stereocenters. The Kier molecular flexibility index (Phi) is 4.09. The highest BCUT2D eigenvalue weighted by atomic mass is 16.5. The van der Waals surface area contributed by atoms with E-state index in [0.717, 1.165) is 25.0 Å². The summed E-state index contributed by atoms with van der Waals surface area (Å²) in [6.07, 6.45) is 6.11. The van der Waals surface area contributed by atoms with E-state index in [4.69, 9.17) is 4.74 Å². The lowest BCUT2D eigenvalue weighted by Gasteiger charge is -2.15. The summed E-state index contributed by atoms with van der Waals surface area (Å²) in [7, 11) is 0. The minimum absolute atomic E-state index is 0.0203. The van der Waals surface area contributed by atoms with Crippen molar-refractivity contribution < 1.29 is 9.53 Å². The molecule has 0 aliphatic carbocycles. The molecule has 1 amide bonds. The third kappa shape index (κ3) is 3.53. The Morgan fingerprint density at radius 1 is 1.59 bits per heavy atom. The second kappa shape index (κ2) is 5.77. The van der Waals surface area contributed by atoms with E-state index >= 15 is 0 Å². The van der Waals surface area contributed by atoms with Crippen LogP contribution >= 0.6 is 0 Å². The lowest BCUT2D eigenvalue weighted by atomic mass is 10.1. The summed E-state index contributed by atoms with van der Waals surface area (Å²) < 4.78 is 5.44. The van der Waals surface area contributed by atoms with Crippen LogP contribution in [0.25, 0.3) is 0 Å². The summed E-state index contributed by atoms with van der Waals surface area (Å²) in [5, 5.41) is 2.98. The molecule has 4 nitrogen and oxygen atoms in total. The maximum absolute atomic E-state index is 11.8. The van der Waals surface area contributed by atoms with Gasteiger partial charge < -0.3 is 10.1 Å². The van der Waals surface area contributed by atoms with Crippen LogP contribution in [-0.2, 0) is 9.53 Å². The van der Waals surface area contributed by atoms with Crippen LogP contribution in [0.4, 0.5) is 0 Å². The van der Waals surface area contributed by atoms with Gasteiger partial charge >= 0.3 is 0 Å². The molecule has 1 fully saturated rings. The van der Waals surface area contributed by atoms with Crippen LogP contribution in [0.5, 0.6) is 0 Å². The van der Waals surface area contributed by atoms with Crippen LogP contribution in [0.2, 0.25) is 0 Å². The van der Waals surface area contributed by atoms with Gasteiger partial charge in [-0.05, 0) is 37.5 Å². The molecule has 0 aromatic carbocycles. The van der Waals surface area contributed by atoms with Crippen molar-refractivity contribution in [2.24, 2.45) is 0 Å². The van der Waals surface area contributed by atoms with E-state index in [1.165, 1.54) is 0 Å². The first kappa shape index (κ1) is 12.0. The summed E-state index contributed by atoms with van der Waals surface area (Å²) in [6.45, 7) is 2.76. The quantitative estimate of drug-likeness (QED) is 0.864. The molecular formula is C13H18N2O2. The second-order valence-corrected chi connectivity index (χ2v) is 4.41. The monoisotopic (exact) mass is 234 g/mol. The van der Waals surface area contributed by atoms with Gasteiger partial charge in [-0.3, -0.25) is 9.78 Å². The van der Waals surface area contributed by atoms with Gasteiger partial charge in [-0.1, -0.05) is 0 Å². The minimum atomic E-state index is 0.0203. The third-order valence-electron chi connectivity index (χ3n) is 3.02. The van der Waals surface area contributed by atoms with E-state index in [2.05, 4.69) is 10.3 Å². The summed E-state index contributed by atoms with van der Waals surface area (Å²) in [6, 6.07) is 3.85. The standard InChI is InChI=1S/C13H18N2O2/c1-10(11-4-6-14-7-5-11)15-13(16)9-12-3-2-8-17-12/h4-7,10,12H,2-3,8-9H2,1H3,(H,15,16)/t10-,12+/m0/s1. The predicted molar refractivity (Wildman–Crippen MR) is 64.4 cm³/mol. The van der Waals surface area contributed by atoms with Gasteiger partial charge in [0.25, 0.3) is 0 Å². The predicted octanol–water partition coefficient (Wildman–Crippen LogP) is 1.83. The summed E-state index contributed by atoms with van der Waals surface area (Å²) in [5.74, 6) is 0.0567. The molecule has 1 saturated heterocycles. The maximum Gasteiger partial charge on any atom is 0.223 e. The van der Waals surface area contributed by atoms with Crippen molar-refractivity contribution in [1.82, 2.24) is 10.3 Å². The van der Waals surface area contributed by atoms with Crippen LogP contribution in [0.3, 0.4) is 0 Å². The largest absolute Gasteiger partial charge is 0.378 e. The average molecular weight is 234 g/mol. The number of hydrogen-bond donors (Lipinski definition) is 1. The van der Waals surface area contributed by atoms with Crippen molar-refractivity contribution in [3.8, 4) is 0 Å². The lowest BCUT2D eigenvalue weighted by Crippen LogP contribution is -2.29. The molecule has 0 saturated carbocycles. The van der Waals surface area contributed by atoms with E-state index in [1.807, 2.05) is 19.1 Å². The van der Waals surface area contributed by atoms with Crippen molar-refractivity contribution in [3.63, 3.8) is 0 Å². The SMILES string of the molecule is C[C@H](NC(=O)C[C@H]1CCCO1)c1ccncc1. The fourth-order valence-electron chi connectivity index (χ4n) is 2.05. The minimum Gasteiger partial charge on any atom is -0.378 e. The molecule has 0 spiro atoms. The van der Waals surface area contributed by atoms with Gasteiger partial charge in [0.1, 0.15) is 0 Å². The molecule has 0 radical (unpaired) electrons. The van der Waals surface area contributed by atoms with Gasteiger partial charge in [0, 0.05) is 19.0 Å². The van der Waals surface area contributed by atoms with Gasteiger partial charge in [0.05, 0.1) is 18.6 Å². The molecule has 17 heavy (non-hydrogen) atoms. The number of aromatic nitrogens is 1. The molecular weight excluding hydrogens is 216 g/mol. The Morgan fingerprint density at radius 2 is 2.35 bits per heavy atom. The number of amides is 1. The molecule has 1 aliphatic heterocycles. The zero-order valence-corrected chi connectivity index (χ0v) is 10.1. The molecule has 1 aromatic heterocycles. The first-order valence-corrected chi connectivity index (χ1v) is 6.06. The van der Waals surface area contributed by atoms with Crippen LogP contribution < -0.4 is 5.32 Å². The molecule has 1 aromatic rings. The molecule has 2 atom stereocenters. The van der Waals surface area contributed by atoms with E-state index in [1.54, 1.807) is 12.4 Å². The number of hydrogen-bond acceptors (Lipinski definition) is 3. The van der Waals surface area contributed by atoms with Crippen LogP contribution in [0, 0.1) is 0 Å². The average Bonchev–Trinajstić information content (AvgIpc) is 2.82. The Labute approximate surface area is 101 Å². The third-order valence-corrected chi connectivity index (χ3v) is 3.02. The lowest BCUT2D eigenvalue weighted by molar-refractivity contribution is -0.123. The normalized spacial score (nSPS) is 21.1. The van der Waals surface area contributed by atoms with E-state index in [9.17, 15) is 4.79 Å². The van der Waals surface area contributed by atoms with Crippen molar-refractivity contribution in [2.75, 3.05) is 6.61 Å². The molecule has 2 heterocycles. The first-order valence-electron chi connectivity index (χ1n) is 6.06. The molecule has 1 N–H and O–H groups in total. The molecule has 2 rings (SSSR count). The van der Waals surface area contributed by atoms with Crippen molar-refractivity contribution in [3.05, 3.63) is 30.1 Å². The van der Waals surface area contributed by atoms with E-state index in [0.29, 0.717) is 6.42 Å². The fourth-order valence-corrected chi connectivity index (χ4v) is 2.05. The number of pyridine rings is 1. The zero-order chi connectivity index (χ0) is 12.1. The smallest absolute Gasteiger partial charge is 0.223 e. The maximum atomic E-state index is 11.8. The summed E-state index contributed by atoms with van der Waals surface area (Å²) in [4.78, 5) is 15.7. The Morgan fingerprint density at radius 3 is 3.00 bits per heavy atom. The van der Waals surface area contributed by atoms with Crippen molar-refractivity contribution >= 4 is 5.91 Å². The summed E-state index contributed by atoms with van der Waals surface area (Å²) in [5.41, 5.74) is 1.07. The topological polar surface area (TPSA) is 51.2 Å². The van der Waals surface area contributed by atoms with Crippen LogP contribution in [0.15, 0.2) is 24.5 Å². The summed E-state index contributed by atoms with van der Waals surface area (Å²) >= 11 is 0. The van der Waals surface area contributed by atoms with Gasteiger partial charge in [-0.2, -0.15) is 0 Å². The number of rotatable bonds is 4. The fraction of sp³-hybridized carbons (Fsp3) is 0.538.